The van der Waals surface area contributed by atoms with E-state index in [-0.39, 0.29) is 5.75 Å². The van der Waals surface area contributed by atoms with Gasteiger partial charge in [-0.15, -0.1) is 0 Å². The predicted molar refractivity (Wildman–Crippen MR) is 61.6 cm³/mol. The molecule has 0 aliphatic heterocycles. The Kier molecular flexibility index (Phi) is 1.65. The Balaban J connectivity index is 2.47. The van der Waals surface area contributed by atoms with Gasteiger partial charge in [-0.05, 0) is 45.8 Å². The molecule has 1 nitrogen and oxygen atoms in total. The second-order valence-corrected chi connectivity index (χ2v) is 3.71. The maximum Gasteiger partial charge on any atom is 0.179 e. The quantitative estimate of drug-likeness (QED) is 0.478. The molecule has 0 aromatic heterocycles. The summed E-state index contributed by atoms with van der Waals surface area (Å²) in [5.74, 6) is 0.0674. The van der Waals surface area contributed by atoms with E-state index < -0.39 is 0 Å². The summed E-state index contributed by atoms with van der Waals surface area (Å²) >= 11 is 0. The molecule has 0 spiro atoms. The van der Waals surface area contributed by atoms with Crippen LogP contribution in [0.15, 0.2) is 54.6 Å². The number of hydrogen-bond acceptors (Lipinski definition) is 0. The summed E-state index contributed by atoms with van der Waals surface area (Å²) in [5.41, 5.74) is 0. The Hall–Kier alpha value is -2.02. The van der Waals surface area contributed by atoms with E-state index in [0.29, 0.717) is 0 Å². The van der Waals surface area contributed by atoms with E-state index in [9.17, 15) is 5.11 Å². The highest BCUT2D eigenvalue weighted by Crippen LogP contribution is 2.25. The van der Waals surface area contributed by atoms with Crippen molar-refractivity contribution < 1.29 is 5.11 Å². The predicted octanol–water partition coefficient (Wildman–Crippen LogP) is 4.14. The van der Waals surface area contributed by atoms with Gasteiger partial charge in [0.15, 0.2) is 5.75 Å². The highest BCUT2D eigenvalue weighted by atomic mass is 16.3. The number of rotatable bonds is 0. The minimum Gasteiger partial charge on any atom is -0.290 e. The first-order chi connectivity index (χ1) is 7.33. The molecule has 1 radical (unpaired) electrons. The lowest BCUT2D eigenvalue weighted by Crippen LogP contribution is -1.75. The highest BCUT2D eigenvalue weighted by Gasteiger charge is 1.98. The molecule has 71 valence electrons. The molecule has 1 heteroatoms. The molecule has 0 N–H and O–H groups in total. The van der Waals surface area contributed by atoms with Gasteiger partial charge >= 0.3 is 0 Å². The average molecular weight is 193 g/mol. The fourth-order valence-electron chi connectivity index (χ4n) is 1.92. The Morgan fingerprint density at radius 1 is 0.600 bits per heavy atom. The summed E-state index contributed by atoms with van der Waals surface area (Å²) < 4.78 is 0. The molecule has 0 aliphatic carbocycles. The van der Waals surface area contributed by atoms with Crippen LogP contribution < -0.4 is 0 Å². The van der Waals surface area contributed by atoms with Crippen molar-refractivity contribution in [1.29, 1.82) is 0 Å². The summed E-state index contributed by atoms with van der Waals surface area (Å²) in [6.45, 7) is 0. The van der Waals surface area contributed by atoms with Crippen molar-refractivity contribution in [2.75, 3.05) is 0 Å². The third-order valence-corrected chi connectivity index (χ3v) is 2.68. The van der Waals surface area contributed by atoms with Gasteiger partial charge in [-0.1, -0.05) is 30.3 Å². The Bertz CT molecular complexity index is 641. The summed E-state index contributed by atoms with van der Waals surface area (Å²) in [5, 5.41) is 15.7. The standard InChI is InChI=1S/C14H9O/c15-14-6-5-12-7-10-3-1-2-4-11(10)8-13(12)9-14/h1-9H. The Labute approximate surface area is 87.6 Å². The zero-order valence-corrected chi connectivity index (χ0v) is 8.10. The first kappa shape index (κ1) is 8.30. The largest absolute Gasteiger partial charge is 0.290 e. The fraction of sp³-hybridized carbons (Fsp3) is 0. The smallest absolute Gasteiger partial charge is 0.179 e. The molecule has 0 saturated carbocycles. The topological polar surface area (TPSA) is 19.9 Å². The number of benzene rings is 3. The van der Waals surface area contributed by atoms with Gasteiger partial charge in [-0.3, -0.25) is 5.11 Å². The maximum atomic E-state index is 11.2. The van der Waals surface area contributed by atoms with Crippen molar-refractivity contribution in [3.8, 4) is 5.75 Å². The van der Waals surface area contributed by atoms with Crippen LogP contribution in [-0.4, -0.2) is 0 Å². The molecular weight excluding hydrogens is 184 g/mol. The summed E-state index contributed by atoms with van der Waals surface area (Å²) in [6, 6.07) is 17.5. The lowest BCUT2D eigenvalue weighted by molar-refractivity contribution is 0.355. The van der Waals surface area contributed by atoms with Crippen molar-refractivity contribution in [2.45, 2.75) is 0 Å². The lowest BCUT2D eigenvalue weighted by Gasteiger charge is -2.01. The van der Waals surface area contributed by atoms with Crippen LogP contribution in [0.1, 0.15) is 0 Å². The summed E-state index contributed by atoms with van der Waals surface area (Å²) in [4.78, 5) is 0. The second-order valence-electron chi connectivity index (χ2n) is 3.71. The van der Waals surface area contributed by atoms with Gasteiger partial charge in [-0.2, -0.15) is 0 Å². The molecule has 0 saturated heterocycles. The van der Waals surface area contributed by atoms with Crippen LogP contribution in [0, 0.1) is 0 Å². The second kappa shape index (κ2) is 2.99. The lowest BCUT2D eigenvalue weighted by atomic mass is 10.0. The zero-order chi connectivity index (χ0) is 10.3. The van der Waals surface area contributed by atoms with Gasteiger partial charge in [0.05, 0.1) is 0 Å². The van der Waals surface area contributed by atoms with Gasteiger partial charge in [-0.25, -0.2) is 0 Å². The molecule has 3 aromatic rings. The van der Waals surface area contributed by atoms with E-state index >= 15 is 0 Å². The van der Waals surface area contributed by atoms with Gasteiger partial charge in [0.2, 0.25) is 0 Å². The van der Waals surface area contributed by atoms with E-state index in [1.807, 2.05) is 18.2 Å². The Morgan fingerprint density at radius 3 is 1.93 bits per heavy atom. The molecule has 0 heterocycles. The van der Waals surface area contributed by atoms with Crippen LogP contribution in [0.3, 0.4) is 0 Å². The minimum absolute atomic E-state index is 0.0674. The van der Waals surface area contributed by atoms with Crippen LogP contribution in [0.25, 0.3) is 21.5 Å². The maximum absolute atomic E-state index is 11.2. The SMILES string of the molecule is [O]c1ccc2cc3ccccc3cc2c1. The molecule has 0 unspecified atom stereocenters. The fourth-order valence-corrected chi connectivity index (χ4v) is 1.92. The van der Waals surface area contributed by atoms with E-state index in [1.54, 1.807) is 12.1 Å². The van der Waals surface area contributed by atoms with E-state index in [4.69, 9.17) is 0 Å². The Morgan fingerprint density at radius 2 is 1.20 bits per heavy atom. The molecular formula is C14H9O. The van der Waals surface area contributed by atoms with Crippen LogP contribution in [0.5, 0.6) is 5.75 Å². The molecule has 0 amide bonds. The highest BCUT2D eigenvalue weighted by molar-refractivity contribution is 5.98. The third-order valence-electron chi connectivity index (χ3n) is 2.68. The van der Waals surface area contributed by atoms with E-state index in [1.165, 1.54) is 10.8 Å². The van der Waals surface area contributed by atoms with Crippen LogP contribution >= 0.6 is 0 Å². The van der Waals surface area contributed by atoms with Crippen LogP contribution in [0.4, 0.5) is 0 Å². The normalized spacial score (nSPS) is 10.9. The van der Waals surface area contributed by atoms with Crippen molar-refractivity contribution in [3.05, 3.63) is 54.6 Å². The first-order valence-electron chi connectivity index (χ1n) is 4.92. The number of hydrogen-bond donors (Lipinski definition) is 0. The van der Waals surface area contributed by atoms with Crippen molar-refractivity contribution in [2.24, 2.45) is 0 Å². The van der Waals surface area contributed by atoms with Crippen molar-refractivity contribution in [1.82, 2.24) is 0 Å². The van der Waals surface area contributed by atoms with Gasteiger partial charge in [0, 0.05) is 0 Å². The van der Waals surface area contributed by atoms with E-state index in [0.717, 1.165) is 10.8 Å². The third kappa shape index (κ3) is 1.33. The molecule has 15 heavy (non-hydrogen) atoms. The zero-order valence-electron chi connectivity index (χ0n) is 8.10. The van der Waals surface area contributed by atoms with Crippen molar-refractivity contribution in [3.63, 3.8) is 0 Å². The monoisotopic (exact) mass is 193 g/mol. The molecule has 3 rings (SSSR count). The average Bonchev–Trinajstić information content (AvgIpc) is 2.26. The first-order valence-corrected chi connectivity index (χ1v) is 4.92. The molecule has 0 fully saturated rings. The minimum atomic E-state index is 0.0674. The molecule has 3 aromatic carbocycles. The van der Waals surface area contributed by atoms with Crippen LogP contribution in [0.2, 0.25) is 0 Å². The van der Waals surface area contributed by atoms with Crippen LogP contribution in [-0.2, 0) is 5.11 Å². The summed E-state index contributed by atoms with van der Waals surface area (Å²) in [6.07, 6.45) is 0. The molecule has 0 aliphatic rings. The number of fused-ring (bicyclic) bond motifs is 2. The molecule has 0 bridgehead atoms. The van der Waals surface area contributed by atoms with Gasteiger partial charge < -0.3 is 0 Å². The van der Waals surface area contributed by atoms with E-state index in [2.05, 4.69) is 24.3 Å². The van der Waals surface area contributed by atoms with Gasteiger partial charge in [0.1, 0.15) is 0 Å². The van der Waals surface area contributed by atoms with Gasteiger partial charge in [0.25, 0.3) is 0 Å². The summed E-state index contributed by atoms with van der Waals surface area (Å²) in [7, 11) is 0. The molecule has 0 atom stereocenters. The van der Waals surface area contributed by atoms with Crippen molar-refractivity contribution >= 4 is 21.5 Å².